The molecule has 0 radical (unpaired) electrons. The number of rotatable bonds is 3. The average molecular weight is 271 g/mol. The van der Waals surface area contributed by atoms with Crippen molar-refractivity contribution >= 4 is 21.4 Å². The van der Waals surface area contributed by atoms with E-state index in [0.717, 1.165) is 0 Å². The highest BCUT2D eigenvalue weighted by atomic mass is 32.2. The van der Waals surface area contributed by atoms with Gasteiger partial charge in [-0.3, -0.25) is 10.1 Å². The summed E-state index contributed by atoms with van der Waals surface area (Å²) in [5, 5.41) is 10.7. The Bertz CT molecular complexity index is 585. The first-order chi connectivity index (χ1) is 8.40. The Morgan fingerprint density at radius 2 is 2.17 bits per heavy atom. The van der Waals surface area contributed by atoms with Crippen LogP contribution in [0.2, 0.25) is 0 Å². The van der Waals surface area contributed by atoms with Crippen LogP contribution in [-0.2, 0) is 16.6 Å². The first-order valence-electron chi connectivity index (χ1n) is 5.41. The molecule has 2 rings (SSSR count). The summed E-state index contributed by atoms with van der Waals surface area (Å²) in [5.41, 5.74) is 6.46. The summed E-state index contributed by atoms with van der Waals surface area (Å²) in [6, 6.07) is 4.05. The molecule has 1 aliphatic rings. The van der Waals surface area contributed by atoms with Crippen molar-refractivity contribution in [1.82, 2.24) is 4.31 Å². The zero-order valence-electron chi connectivity index (χ0n) is 9.57. The maximum atomic E-state index is 11.6. The second-order valence-corrected chi connectivity index (χ2v) is 6.23. The molecule has 1 heterocycles. The third-order valence-electron chi connectivity index (χ3n) is 2.89. The Labute approximate surface area is 104 Å². The van der Waals surface area contributed by atoms with Gasteiger partial charge in [-0.15, -0.1) is 0 Å². The van der Waals surface area contributed by atoms with Crippen LogP contribution in [-0.4, -0.2) is 29.9 Å². The third-order valence-corrected chi connectivity index (χ3v) is 4.79. The molecule has 1 aliphatic heterocycles. The highest BCUT2D eigenvalue weighted by Gasteiger charge is 2.28. The minimum atomic E-state index is -3.23. The lowest BCUT2D eigenvalue weighted by atomic mass is 10.1. The zero-order valence-corrected chi connectivity index (χ0v) is 10.4. The zero-order chi connectivity index (χ0) is 13.3. The second-order valence-electron chi connectivity index (χ2n) is 4.14. The van der Waals surface area contributed by atoms with Gasteiger partial charge in [-0.25, -0.2) is 8.42 Å². The monoisotopic (exact) mass is 271 g/mol. The number of nitro benzene ring substituents is 1. The van der Waals surface area contributed by atoms with Crippen molar-refractivity contribution in [2.45, 2.75) is 13.0 Å². The van der Waals surface area contributed by atoms with Crippen molar-refractivity contribution < 1.29 is 13.3 Å². The number of hydrogen-bond acceptors (Lipinski definition) is 5. The van der Waals surface area contributed by atoms with E-state index >= 15 is 0 Å². The van der Waals surface area contributed by atoms with Crippen LogP contribution < -0.4 is 5.73 Å². The average Bonchev–Trinajstić information content (AvgIpc) is 2.61. The fraction of sp³-hybridized carbons (Fsp3) is 0.400. The van der Waals surface area contributed by atoms with Gasteiger partial charge in [0, 0.05) is 30.9 Å². The maximum absolute atomic E-state index is 11.6. The van der Waals surface area contributed by atoms with Crippen molar-refractivity contribution in [2.24, 2.45) is 0 Å². The molecule has 7 nitrogen and oxygen atoms in total. The molecule has 1 fully saturated rings. The van der Waals surface area contributed by atoms with Crippen molar-refractivity contribution in [3.63, 3.8) is 0 Å². The molecule has 1 aromatic carbocycles. The van der Waals surface area contributed by atoms with E-state index < -0.39 is 14.9 Å². The van der Waals surface area contributed by atoms with Crippen molar-refractivity contribution in [3.8, 4) is 0 Å². The summed E-state index contributed by atoms with van der Waals surface area (Å²) >= 11 is 0. The third kappa shape index (κ3) is 2.44. The molecule has 0 unspecified atom stereocenters. The molecular formula is C10H13N3O4S. The van der Waals surface area contributed by atoms with E-state index in [2.05, 4.69) is 0 Å². The number of non-ortho nitro benzene ring substituents is 1. The van der Waals surface area contributed by atoms with Gasteiger partial charge in [-0.2, -0.15) is 4.31 Å². The normalized spacial score (nSPS) is 18.9. The molecule has 0 aliphatic carbocycles. The second kappa shape index (κ2) is 4.54. The minimum Gasteiger partial charge on any atom is -0.398 e. The van der Waals surface area contributed by atoms with Gasteiger partial charge in [-0.1, -0.05) is 0 Å². The lowest BCUT2D eigenvalue weighted by Gasteiger charge is -2.15. The van der Waals surface area contributed by atoms with E-state index in [4.69, 9.17) is 5.73 Å². The van der Waals surface area contributed by atoms with Gasteiger partial charge in [0.2, 0.25) is 10.0 Å². The molecule has 0 bridgehead atoms. The van der Waals surface area contributed by atoms with Crippen molar-refractivity contribution in [1.29, 1.82) is 0 Å². The Balaban J connectivity index is 2.29. The molecular weight excluding hydrogens is 258 g/mol. The van der Waals surface area contributed by atoms with Crippen LogP contribution in [0, 0.1) is 10.1 Å². The first kappa shape index (κ1) is 12.8. The SMILES string of the molecule is Nc1ccc([N+](=O)[O-])cc1CN1CCCS1(=O)=O. The Morgan fingerprint density at radius 1 is 1.44 bits per heavy atom. The van der Waals surface area contributed by atoms with Crippen LogP contribution in [0.4, 0.5) is 11.4 Å². The fourth-order valence-corrected chi connectivity index (χ4v) is 3.40. The van der Waals surface area contributed by atoms with Gasteiger partial charge in [-0.05, 0) is 18.1 Å². The van der Waals surface area contributed by atoms with Crippen LogP contribution in [0.15, 0.2) is 18.2 Å². The molecule has 18 heavy (non-hydrogen) atoms. The van der Waals surface area contributed by atoms with Crippen LogP contribution >= 0.6 is 0 Å². The summed E-state index contributed by atoms with van der Waals surface area (Å²) in [6.45, 7) is 0.528. The van der Waals surface area contributed by atoms with E-state index in [9.17, 15) is 18.5 Å². The predicted octanol–water partition coefficient (Wildman–Crippen LogP) is 0.713. The minimum absolute atomic E-state index is 0.0872. The molecule has 0 aromatic heterocycles. The lowest BCUT2D eigenvalue weighted by molar-refractivity contribution is -0.384. The van der Waals surface area contributed by atoms with Gasteiger partial charge in [0.1, 0.15) is 0 Å². The standard InChI is InChI=1S/C10H13N3O4S/c11-10-3-2-9(13(14)15)6-8(10)7-12-4-1-5-18(12,16)17/h2-3,6H,1,4-5,7,11H2. The number of sulfonamides is 1. The Kier molecular flexibility index (Phi) is 3.22. The Morgan fingerprint density at radius 3 is 2.72 bits per heavy atom. The highest BCUT2D eigenvalue weighted by molar-refractivity contribution is 7.89. The van der Waals surface area contributed by atoms with Gasteiger partial charge >= 0.3 is 0 Å². The van der Waals surface area contributed by atoms with Gasteiger partial charge in [0.15, 0.2) is 0 Å². The molecule has 0 spiro atoms. The van der Waals surface area contributed by atoms with Crippen LogP contribution in [0.3, 0.4) is 0 Å². The number of benzene rings is 1. The lowest BCUT2D eigenvalue weighted by Crippen LogP contribution is -2.25. The molecule has 8 heteroatoms. The molecule has 0 amide bonds. The summed E-state index contributed by atoms with van der Waals surface area (Å²) in [6.07, 6.45) is 0.581. The first-order valence-corrected chi connectivity index (χ1v) is 7.02. The fourth-order valence-electron chi connectivity index (χ4n) is 1.90. The smallest absolute Gasteiger partial charge is 0.269 e. The van der Waals surface area contributed by atoms with Gasteiger partial charge in [0.05, 0.1) is 10.7 Å². The predicted molar refractivity (Wildman–Crippen MR) is 66.3 cm³/mol. The van der Waals surface area contributed by atoms with Crippen molar-refractivity contribution in [2.75, 3.05) is 18.0 Å². The number of nitrogen functional groups attached to an aromatic ring is 1. The summed E-state index contributed by atoms with van der Waals surface area (Å²) < 4.78 is 24.6. The topological polar surface area (TPSA) is 107 Å². The quantitative estimate of drug-likeness (QED) is 0.495. The molecule has 98 valence electrons. The molecule has 0 saturated carbocycles. The largest absolute Gasteiger partial charge is 0.398 e. The van der Waals surface area contributed by atoms with Crippen LogP contribution in [0.1, 0.15) is 12.0 Å². The summed E-state index contributed by atoms with van der Waals surface area (Å²) in [7, 11) is -3.23. The van der Waals surface area contributed by atoms with E-state index in [1.54, 1.807) is 0 Å². The maximum Gasteiger partial charge on any atom is 0.269 e. The number of nitrogens with zero attached hydrogens (tertiary/aromatic N) is 2. The van der Waals surface area contributed by atoms with E-state index in [1.807, 2.05) is 0 Å². The van der Waals surface area contributed by atoms with Crippen LogP contribution in [0.5, 0.6) is 0 Å². The Hall–Kier alpha value is -1.67. The summed E-state index contributed by atoms with van der Waals surface area (Å²) in [4.78, 5) is 10.1. The molecule has 1 aromatic rings. The summed E-state index contributed by atoms with van der Waals surface area (Å²) in [5.74, 6) is 0.127. The number of hydrogen-bond donors (Lipinski definition) is 1. The van der Waals surface area contributed by atoms with Crippen LogP contribution in [0.25, 0.3) is 0 Å². The highest BCUT2D eigenvalue weighted by Crippen LogP contribution is 2.24. The molecule has 1 saturated heterocycles. The van der Waals surface area contributed by atoms with Crippen molar-refractivity contribution in [3.05, 3.63) is 33.9 Å². The van der Waals surface area contributed by atoms with Gasteiger partial charge < -0.3 is 5.73 Å². The molecule has 0 atom stereocenters. The number of anilines is 1. The van der Waals surface area contributed by atoms with E-state index in [-0.39, 0.29) is 18.0 Å². The van der Waals surface area contributed by atoms with E-state index in [0.29, 0.717) is 24.2 Å². The number of nitrogens with two attached hydrogens (primary N) is 1. The molecule has 2 N–H and O–H groups in total. The number of nitro groups is 1. The van der Waals surface area contributed by atoms with E-state index in [1.165, 1.54) is 22.5 Å². The van der Waals surface area contributed by atoms with Gasteiger partial charge in [0.25, 0.3) is 5.69 Å².